The van der Waals surface area contributed by atoms with Crippen molar-refractivity contribution in [2.45, 2.75) is 17.6 Å². The first kappa shape index (κ1) is 18.4. The van der Waals surface area contributed by atoms with Gasteiger partial charge in [0.2, 0.25) is 0 Å². The molecule has 0 aliphatic rings. The Kier molecular flexibility index (Phi) is 7.23. The summed E-state index contributed by atoms with van der Waals surface area (Å²) in [4.78, 5) is 27.7. The maximum Gasteiger partial charge on any atom is 0.329 e. The summed E-state index contributed by atoms with van der Waals surface area (Å²) in [6.45, 7) is 2.06. The summed E-state index contributed by atoms with van der Waals surface area (Å²) in [5.41, 5.74) is 1.62. The van der Waals surface area contributed by atoms with Crippen LogP contribution < -0.4 is 5.32 Å². The first-order valence-electron chi connectivity index (χ1n) is 7.26. The minimum Gasteiger partial charge on any atom is -0.480 e. The number of carboxylic acid groups (broad SMARTS) is 1. The van der Waals surface area contributed by atoms with E-state index in [-0.39, 0.29) is 25.7 Å². The summed E-state index contributed by atoms with van der Waals surface area (Å²) in [6, 6.07) is 7.34. The van der Waals surface area contributed by atoms with Gasteiger partial charge in [0.15, 0.2) is 0 Å². The van der Waals surface area contributed by atoms with Crippen molar-refractivity contribution in [1.29, 1.82) is 0 Å². The Morgan fingerprint density at radius 3 is 2.71 bits per heavy atom. The summed E-state index contributed by atoms with van der Waals surface area (Å²) in [6.07, 6.45) is 0. The van der Waals surface area contributed by atoms with Crippen LogP contribution in [0.5, 0.6) is 0 Å². The van der Waals surface area contributed by atoms with Gasteiger partial charge >= 0.3 is 5.97 Å². The Labute approximate surface area is 148 Å². The number of hydrogen-bond acceptors (Lipinski definition) is 6. The zero-order valence-electron chi connectivity index (χ0n) is 13.2. The number of nitrogens with one attached hydrogen (secondary N) is 1. The molecule has 1 amide bonds. The number of amides is 1. The number of carbonyl (C=O) groups excluding carboxylic acids is 1. The molecule has 0 atom stereocenters. The van der Waals surface area contributed by atoms with Crippen molar-refractivity contribution in [3.05, 3.63) is 45.9 Å². The number of aliphatic carboxylic acids is 1. The number of aryl methyl sites for hydroxylation is 1. The molecule has 1 aromatic carbocycles. The molecule has 0 spiro atoms. The summed E-state index contributed by atoms with van der Waals surface area (Å²) in [5, 5.41) is 14.2. The third-order valence-corrected chi connectivity index (χ3v) is 4.80. The normalized spacial score (nSPS) is 10.5. The van der Waals surface area contributed by atoms with E-state index in [4.69, 9.17) is 9.84 Å². The molecule has 0 aliphatic carbocycles. The molecule has 0 saturated heterocycles. The smallest absolute Gasteiger partial charge is 0.329 e. The van der Waals surface area contributed by atoms with Gasteiger partial charge in [0.25, 0.3) is 5.91 Å². The van der Waals surface area contributed by atoms with Crippen molar-refractivity contribution in [2.75, 3.05) is 19.8 Å². The van der Waals surface area contributed by atoms with Crippen LogP contribution in [-0.4, -0.2) is 41.7 Å². The summed E-state index contributed by atoms with van der Waals surface area (Å²) < 4.78 is 4.85. The molecule has 0 unspecified atom stereocenters. The number of benzene rings is 1. The lowest BCUT2D eigenvalue weighted by Crippen LogP contribution is -2.27. The van der Waals surface area contributed by atoms with Crippen molar-refractivity contribution >= 4 is 35.0 Å². The van der Waals surface area contributed by atoms with Gasteiger partial charge < -0.3 is 15.2 Å². The van der Waals surface area contributed by atoms with Crippen LogP contribution in [0.15, 0.2) is 34.5 Å². The van der Waals surface area contributed by atoms with Gasteiger partial charge in [-0.15, -0.1) is 23.1 Å². The van der Waals surface area contributed by atoms with E-state index in [1.165, 1.54) is 0 Å². The highest BCUT2D eigenvalue weighted by atomic mass is 32.2. The maximum atomic E-state index is 11.9. The largest absolute Gasteiger partial charge is 0.480 e. The second-order valence-corrected chi connectivity index (χ2v) is 6.98. The zero-order valence-corrected chi connectivity index (χ0v) is 14.8. The van der Waals surface area contributed by atoms with Crippen LogP contribution in [0.3, 0.4) is 0 Å². The molecule has 0 aliphatic heterocycles. The van der Waals surface area contributed by atoms with Crippen molar-refractivity contribution < 1.29 is 19.4 Å². The lowest BCUT2D eigenvalue weighted by molar-refractivity contribution is -0.142. The predicted molar refractivity (Wildman–Crippen MR) is 93.6 cm³/mol. The van der Waals surface area contributed by atoms with Crippen LogP contribution in [-0.2, 0) is 15.3 Å². The molecule has 2 rings (SSSR count). The number of carbonyl (C=O) groups is 2. The minimum absolute atomic E-state index is 0.166. The van der Waals surface area contributed by atoms with Crippen LogP contribution in [0.1, 0.15) is 21.1 Å². The Morgan fingerprint density at radius 2 is 2.08 bits per heavy atom. The molecule has 0 bridgehead atoms. The van der Waals surface area contributed by atoms with Crippen molar-refractivity contribution in [1.82, 2.24) is 10.3 Å². The molecule has 2 aromatic rings. The average Bonchev–Trinajstić information content (AvgIpc) is 2.98. The standard InChI is InChI=1S/C16H18N2O4S2/c1-11-18-13(9-23-11)10-24-14-4-2-12(3-5-14)16(21)17-6-7-22-8-15(19)20/h2-5,9H,6-8,10H2,1H3,(H,17,21)(H,19,20). The van der Waals surface area contributed by atoms with Gasteiger partial charge in [-0.1, -0.05) is 0 Å². The van der Waals surface area contributed by atoms with Gasteiger partial charge in [0.05, 0.1) is 17.3 Å². The lowest BCUT2D eigenvalue weighted by atomic mass is 10.2. The molecule has 6 nitrogen and oxygen atoms in total. The minimum atomic E-state index is -1.03. The average molecular weight is 366 g/mol. The van der Waals surface area contributed by atoms with Gasteiger partial charge in [-0.25, -0.2) is 9.78 Å². The first-order chi connectivity index (χ1) is 11.5. The van der Waals surface area contributed by atoms with E-state index in [9.17, 15) is 9.59 Å². The van der Waals surface area contributed by atoms with Crippen LogP contribution >= 0.6 is 23.1 Å². The fourth-order valence-corrected chi connectivity index (χ4v) is 3.34. The lowest BCUT2D eigenvalue weighted by Gasteiger charge is -2.06. The van der Waals surface area contributed by atoms with Crippen molar-refractivity contribution in [2.24, 2.45) is 0 Å². The van der Waals surface area contributed by atoms with E-state index < -0.39 is 5.97 Å². The van der Waals surface area contributed by atoms with E-state index in [0.717, 1.165) is 21.3 Å². The molecule has 2 N–H and O–H groups in total. The summed E-state index contributed by atoms with van der Waals surface area (Å²) >= 11 is 3.31. The quantitative estimate of drug-likeness (QED) is 0.524. The van der Waals surface area contributed by atoms with Gasteiger partial charge in [0, 0.05) is 28.1 Å². The fraction of sp³-hybridized carbons (Fsp3) is 0.312. The molecule has 8 heteroatoms. The van der Waals surface area contributed by atoms with Crippen LogP contribution in [0.2, 0.25) is 0 Å². The number of aromatic nitrogens is 1. The number of nitrogens with zero attached hydrogens (tertiary/aromatic N) is 1. The number of carboxylic acids is 1. The topological polar surface area (TPSA) is 88.5 Å². The van der Waals surface area contributed by atoms with E-state index in [2.05, 4.69) is 15.7 Å². The highest BCUT2D eigenvalue weighted by Crippen LogP contribution is 2.23. The number of rotatable bonds is 9. The fourth-order valence-electron chi connectivity index (χ4n) is 1.83. The molecule has 0 saturated carbocycles. The highest BCUT2D eigenvalue weighted by molar-refractivity contribution is 7.98. The third kappa shape index (κ3) is 6.31. The SMILES string of the molecule is Cc1nc(CSc2ccc(C(=O)NCCOCC(=O)O)cc2)cs1. The number of thioether (sulfide) groups is 1. The number of ether oxygens (including phenoxy) is 1. The van der Waals surface area contributed by atoms with Gasteiger partial charge in [0.1, 0.15) is 6.61 Å². The molecule has 0 fully saturated rings. The number of thiazole rings is 1. The second-order valence-electron chi connectivity index (χ2n) is 4.87. The first-order valence-corrected chi connectivity index (χ1v) is 9.12. The zero-order chi connectivity index (χ0) is 17.4. The molecular weight excluding hydrogens is 348 g/mol. The van der Waals surface area contributed by atoms with Gasteiger partial charge in [-0.2, -0.15) is 0 Å². The molecular formula is C16H18N2O4S2. The highest BCUT2D eigenvalue weighted by Gasteiger charge is 2.06. The Balaban J connectivity index is 1.74. The monoisotopic (exact) mass is 366 g/mol. The summed E-state index contributed by atoms with van der Waals surface area (Å²) in [5.74, 6) is -0.431. The van der Waals surface area contributed by atoms with Gasteiger partial charge in [-0.05, 0) is 31.2 Å². The Hall–Kier alpha value is -1.90. The summed E-state index contributed by atoms with van der Waals surface area (Å²) in [7, 11) is 0. The third-order valence-electron chi connectivity index (χ3n) is 2.93. The van der Waals surface area contributed by atoms with Crippen molar-refractivity contribution in [3.8, 4) is 0 Å². The molecule has 24 heavy (non-hydrogen) atoms. The predicted octanol–water partition coefficient (Wildman–Crippen LogP) is 2.57. The van der Waals surface area contributed by atoms with Crippen LogP contribution in [0.25, 0.3) is 0 Å². The molecule has 1 heterocycles. The second kappa shape index (κ2) is 9.41. The molecule has 128 valence electrons. The Bertz CT molecular complexity index is 686. The Morgan fingerprint density at radius 1 is 1.33 bits per heavy atom. The van der Waals surface area contributed by atoms with Crippen LogP contribution in [0, 0.1) is 6.92 Å². The van der Waals surface area contributed by atoms with E-state index >= 15 is 0 Å². The van der Waals surface area contributed by atoms with E-state index in [1.54, 1.807) is 35.2 Å². The van der Waals surface area contributed by atoms with Gasteiger partial charge in [-0.3, -0.25) is 4.79 Å². The van der Waals surface area contributed by atoms with Crippen molar-refractivity contribution in [3.63, 3.8) is 0 Å². The van der Waals surface area contributed by atoms with E-state index in [0.29, 0.717) is 5.56 Å². The molecule has 0 radical (unpaired) electrons. The van der Waals surface area contributed by atoms with Crippen LogP contribution in [0.4, 0.5) is 0 Å². The maximum absolute atomic E-state index is 11.9. The molecule has 1 aromatic heterocycles. The van der Waals surface area contributed by atoms with E-state index in [1.807, 2.05) is 19.1 Å². The number of hydrogen-bond donors (Lipinski definition) is 2.